The van der Waals surface area contributed by atoms with E-state index in [4.69, 9.17) is 0 Å². The molecule has 5 aliphatic rings. The number of carbonyl (C=O) groups is 1. The molecule has 0 aromatic rings. The first-order chi connectivity index (χ1) is 12.9. The molecule has 5 rings (SSSR count). The van der Waals surface area contributed by atoms with Gasteiger partial charge < -0.3 is 5.11 Å². The van der Waals surface area contributed by atoms with Crippen molar-refractivity contribution < 1.29 is 9.90 Å². The zero-order chi connectivity index (χ0) is 18.8. The standard InChI is InChI=1S/C24H39NO2/c1-23-10-8-17(26)14-16(23)6-7-18-19(23)9-11-24(2)20(18)15-21(22(24)27)25-12-4-3-5-13-25/h16,18-22,27H,3-15H2,1-2H3/t16-,18+,19-,20-,21-,22-,23-,24-/m0/s1. The topological polar surface area (TPSA) is 40.5 Å². The Morgan fingerprint density at radius 2 is 1.74 bits per heavy atom. The van der Waals surface area contributed by atoms with Crippen LogP contribution in [0.5, 0.6) is 0 Å². The number of aliphatic hydroxyl groups excluding tert-OH is 1. The van der Waals surface area contributed by atoms with Gasteiger partial charge in [0.1, 0.15) is 5.78 Å². The third-order valence-electron chi connectivity index (χ3n) is 10.3. The van der Waals surface area contributed by atoms with Gasteiger partial charge in [0.2, 0.25) is 0 Å². The number of likely N-dealkylation sites (tertiary alicyclic amines) is 1. The number of ketones is 1. The zero-order valence-electron chi connectivity index (χ0n) is 17.5. The van der Waals surface area contributed by atoms with Gasteiger partial charge in [0, 0.05) is 18.9 Å². The van der Waals surface area contributed by atoms with Crippen LogP contribution in [0.2, 0.25) is 0 Å². The second-order valence-corrected chi connectivity index (χ2v) is 11.3. The molecular weight excluding hydrogens is 334 g/mol. The van der Waals surface area contributed by atoms with Gasteiger partial charge in [0.15, 0.2) is 0 Å². The Morgan fingerprint density at radius 3 is 2.52 bits per heavy atom. The minimum atomic E-state index is -0.139. The van der Waals surface area contributed by atoms with Gasteiger partial charge in [-0.25, -0.2) is 0 Å². The third-order valence-corrected chi connectivity index (χ3v) is 10.3. The summed E-state index contributed by atoms with van der Waals surface area (Å²) in [6.45, 7) is 7.33. The second kappa shape index (κ2) is 6.55. The fourth-order valence-corrected chi connectivity index (χ4v) is 8.63. The summed E-state index contributed by atoms with van der Waals surface area (Å²) in [4.78, 5) is 14.7. The molecule has 1 saturated heterocycles. The normalized spacial score (nSPS) is 53.5. The first-order valence-corrected chi connectivity index (χ1v) is 11.9. The number of aliphatic hydroxyl groups is 1. The Morgan fingerprint density at radius 1 is 0.963 bits per heavy atom. The highest BCUT2D eigenvalue weighted by atomic mass is 16.3. The fraction of sp³-hybridized carbons (Fsp3) is 0.958. The molecule has 0 spiro atoms. The number of hydrogen-bond acceptors (Lipinski definition) is 3. The van der Waals surface area contributed by atoms with Crippen molar-refractivity contribution in [1.29, 1.82) is 0 Å². The molecule has 3 nitrogen and oxygen atoms in total. The molecule has 0 radical (unpaired) electrons. The maximum absolute atomic E-state index is 12.1. The molecule has 0 aromatic heterocycles. The van der Waals surface area contributed by atoms with Gasteiger partial charge in [-0.15, -0.1) is 0 Å². The van der Waals surface area contributed by atoms with Crippen LogP contribution in [0.4, 0.5) is 0 Å². The number of nitrogens with zero attached hydrogens (tertiary/aromatic N) is 1. The van der Waals surface area contributed by atoms with Crippen molar-refractivity contribution >= 4 is 5.78 Å². The first-order valence-electron chi connectivity index (χ1n) is 11.9. The summed E-state index contributed by atoms with van der Waals surface area (Å²) in [5.41, 5.74) is 0.503. The van der Waals surface area contributed by atoms with E-state index in [0.717, 1.165) is 31.1 Å². The lowest BCUT2D eigenvalue weighted by Gasteiger charge is -2.59. The summed E-state index contributed by atoms with van der Waals surface area (Å²) < 4.78 is 0. The van der Waals surface area contributed by atoms with Crippen LogP contribution in [0.3, 0.4) is 0 Å². The van der Waals surface area contributed by atoms with Crippen LogP contribution in [0.15, 0.2) is 0 Å². The molecule has 1 aliphatic heterocycles. The molecule has 1 N–H and O–H groups in total. The smallest absolute Gasteiger partial charge is 0.133 e. The fourth-order valence-electron chi connectivity index (χ4n) is 8.63. The maximum Gasteiger partial charge on any atom is 0.133 e. The minimum absolute atomic E-state index is 0.122. The van der Waals surface area contributed by atoms with E-state index in [2.05, 4.69) is 18.7 Å². The molecule has 0 bridgehead atoms. The predicted molar refractivity (Wildman–Crippen MR) is 107 cm³/mol. The van der Waals surface area contributed by atoms with Crippen LogP contribution in [0.25, 0.3) is 0 Å². The second-order valence-electron chi connectivity index (χ2n) is 11.3. The largest absolute Gasteiger partial charge is 0.391 e. The molecule has 0 unspecified atom stereocenters. The van der Waals surface area contributed by atoms with Crippen LogP contribution in [0.1, 0.15) is 84.5 Å². The molecule has 5 fully saturated rings. The van der Waals surface area contributed by atoms with E-state index < -0.39 is 0 Å². The van der Waals surface area contributed by atoms with Gasteiger partial charge in [0.05, 0.1) is 6.10 Å². The third kappa shape index (κ3) is 2.70. The lowest BCUT2D eigenvalue weighted by atomic mass is 9.45. The van der Waals surface area contributed by atoms with Crippen molar-refractivity contribution in [2.75, 3.05) is 13.1 Å². The maximum atomic E-state index is 12.1. The number of rotatable bonds is 1. The molecule has 0 aromatic carbocycles. The molecule has 0 amide bonds. The number of piperidine rings is 1. The molecule has 27 heavy (non-hydrogen) atoms. The Hall–Kier alpha value is -0.410. The highest BCUT2D eigenvalue weighted by Gasteiger charge is 2.62. The summed E-state index contributed by atoms with van der Waals surface area (Å²) in [5.74, 6) is 3.40. The van der Waals surface area contributed by atoms with Gasteiger partial charge in [-0.05, 0) is 99.0 Å². The van der Waals surface area contributed by atoms with Crippen molar-refractivity contribution in [3.8, 4) is 0 Å². The predicted octanol–water partition coefficient (Wildman–Crippen LogP) is 4.42. The molecule has 8 atom stereocenters. The summed E-state index contributed by atoms with van der Waals surface area (Å²) in [6.07, 6.45) is 12.9. The van der Waals surface area contributed by atoms with Crippen molar-refractivity contribution in [2.24, 2.45) is 34.5 Å². The average Bonchev–Trinajstić information content (AvgIpc) is 2.94. The Bertz CT molecular complexity index is 599. The van der Waals surface area contributed by atoms with E-state index in [1.54, 1.807) is 0 Å². The van der Waals surface area contributed by atoms with Gasteiger partial charge in [-0.2, -0.15) is 0 Å². The summed E-state index contributed by atoms with van der Waals surface area (Å²) >= 11 is 0. The first kappa shape index (κ1) is 18.6. The Labute approximate surface area is 165 Å². The lowest BCUT2D eigenvalue weighted by molar-refractivity contribution is -0.142. The van der Waals surface area contributed by atoms with E-state index in [0.29, 0.717) is 29.1 Å². The van der Waals surface area contributed by atoms with Gasteiger partial charge in [0.25, 0.3) is 0 Å². The molecule has 1 heterocycles. The highest BCUT2D eigenvalue weighted by Crippen LogP contribution is 2.66. The molecular formula is C24H39NO2. The van der Waals surface area contributed by atoms with Crippen LogP contribution >= 0.6 is 0 Å². The molecule has 3 heteroatoms. The van der Waals surface area contributed by atoms with Crippen molar-refractivity contribution in [2.45, 2.75) is 96.6 Å². The van der Waals surface area contributed by atoms with Gasteiger partial charge >= 0.3 is 0 Å². The van der Waals surface area contributed by atoms with Crippen LogP contribution < -0.4 is 0 Å². The number of fused-ring (bicyclic) bond motifs is 5. The summed E-state index contributed by atoms with van der Waals surface area (Å²) in [6, 6.07) is 0.400. The number of Topliss-reactive ketones (excluding diaryl/α,β-unsaturated/α-hetero) is 1. The Kier molecular flexibility index (Phi) is 4.52. The van der Waals surface area contributed by atoms with E-state index in [9.17, 15) is 9.90 Å². The molecule has 152 valence electrons. The van der Waals surface area contributed by atoms with E-state index >= 15 is 0 Å². The van der Waals surface area contributed by atoms with Gasteiger partial charge in [-0.1, -0.05) is 20.3 Å². The van der Waals surface area contributed by atoms with Crippen LogP contribution in [0, 0.1) is 34.5 Å². The SMILES string of the molecule is C[C@]12CCC(=O)C[C@@H]1CC[C@@H]1[C@@H]2CC[C@]2(C)[C@@H](O)[C@@H](N3CCCCC3)C[C@@H]12. The monoisotopic (exact) mass is 373 g/mol. The quantitative estimate of drug-likeness (QED) is 0.739. The van der Waals surface area contributed by atoms with Crippen LogP contribution in [-0.2, 0) is 4.79 Å². The highest BCUT2D eigenvalue weighted by molar-refractivity contribution is 5.79. The lowest BCUT2D eigenvalue weighted by Crippen LogP contribution is -2.54. The number of carbonyl (C=O) groups excluding carboxylic acids is 1. The van der Waals surface area contributed by atoms with Gasteiger partial charge in [-0.3, -0.25) is 9.69 Å². The van der Waals surface area contributed by atoms with E-state index in [1.807, 2.05) is 0 Å². The summed E-state index contributed by atoms with van der Waals surface area (Å²) in [7, 11) is 0. The minimum Gasteiger partial charge on any atom is -0.391 e. The summed E-state index contributed by atoms with van der Waals surface area (Å²) in [5, 5.41) is 11.4. The van der Waals surface area contributed by atoms with E-state index in [-0.39, 0.29) is 11.5 Å². The van der Waals surface area contributed by atoms with E-state index in [1.165, 1.54) is 64.5 Å². The van der Waals surface area contributed by atoms with Crippen molar-refractivity contribution in [3.05, 3.63) is 0 Å². The van der Waals surface area contributed by atoms with Crippen LogP contribution in [-0.4, -0.2) is 41.0 Å². The van der Waals surface area contributed by atoms with Crippen molar-refractivity contribution in [1.82, 2.24) is 4.90 Å². The average molecular weight is 374 g/mol. The molecule has 4 aliphatic carbocycles. The molecule has 4 saturated carbocycles. The zero-order valence-corrected chi connectivity index (χ0v) is 17.5. The van der Waals surface area contributed by atoms with Crippen molar-refractivity contribution in [3.63, 3.8) is 0 Å². The Balaban J connectivity index is 1.40. The number of hydrogen-bond donors (Lipinski definition) is 1.